The number of hydroxylamine groups is 2. The standard InChI is InChI=1S/C7H13NO2/c1-7(9)8-5-3-2-4-6-10-8/h2-6H2,1H3. The molecule has 3 nitrogen and oxygen atoms in total. The minimum atomic E-state index is 0.0156. The van der Waals surface area contributed by atoms with Crippen LogP contribution in [0.3, 0.4) is 0 Å². The fourth-order valence-electron chi connectivity index (χ4n) is 1.02. The number of hydrogen-bond donors (Lipinski definition) is 0. The van der Waals surface area contributed by atoms with Crippen molar-refractivity contribution in [1.82, 2.24) is 5.06 Å². The monoisotopic (exact) mass is 143 g/mol. The van der Waals surface area contributed by atoms with Crippen LogP contribution in [0.1, 0.15) is 26.2 Å². The summed E-state index contributed by atoms with van der Waals surface area (Å²) >= 11 is 0. The third-order valence-electron chi connectivity index (χ3n) is 1.60. The molecular weight excluding hydrogens is 130 g/mol. The van der Waals surface area contributed by atoms with E-state index in [1.165, 1.54) is 18.4 Å². The average Bonchev–Trinajstić information content (AvgIpc) is 2.12. The Kier molecular flexibility index (Phi) is 2.68. The first-order valence-corrected chi connectivity index (χ1v) is 3.72. The van der Waals surface area contributed by atoms with Crippen molar-refractivity contribution in [3.05, 3.63) is 0 Å². The van der Waals surface area contributed by atoms with E-state index >= 15 is 0 Å². The first-order valence-electron chi connectivity index (χ1n) is 3.72. The second kappa shape index (κ2) is 3.56. The lowest BCUT2D eigenvalue weighted by atomic mass is 10.2. The van der Waals surface area contributed by atoms with Crippen molar-refractivity contribution < 1.29 is 9.63 Å². The van der Waals surface area contributed by atoms with E-state index in [9.17, 15) is 4.79 Å². The predicted octanol–water partition coefficient (Wildman–Crippen LogP) is 0.950. The van der Waals surface area contributed by atoms with E-state index in [1.807, 2.05) is 0 Å². The molecule has 0 saturated carbocycles. The molecule has 0 atom stereocenters. The quantitative estimate of drug-likeness (QED) is 0.505. The number of hydrogen-bond acceptors (Lipinski definition) is 2. The maximum Gasteiger partial charge on any atom is 0.242 e. The maximum absolute atomic E-state index is 10.8. The van der Waals surface area contributed by atoms with Crippen molar-refractivity contribution in [2.75, 3.05) is 13.2 Å². The van der Waals surface area contributed by atoms with Crippen molar-refractivity contribution in [2.24, 2.45) is 0 Å². The summed E-state index contributed by atoms with van der Waals surface area (Å²) in [7, 11) is 0. The van der Waals surface area contributed by atoms with Crippen LogP contribution in [0, 0.1) is 0 Å². The number of amides is 1. The zero-order chi connectivity index (χ0) is 7.40. The highest BCUT2D eigenvalue weighted by atomic mass is 16.7. The minimum Gasteiger partial charge on any atom is -0.273 e. The van der Waals surface area contributed by atoms with Gasteiger partial charge in [0.1, 0.15) is 0 Å². The Morgan fingerprint density at radius 1 is 1.40 bits per heavy atom. The van der Waals surface area contributed by atoms with E-state index in [0.29, 0.717) is 6.61 Å². The Morgan fingerprint density at radius 2 is 2.20 bits per heavy atom. The lowest BCUT2D eigenvalue weighted by Crippen LogP contribution is -2.28. The number of rotatable bonds is 0. The highest BCUT2D eigenvalue weighted by molar-refractivity contribution is 5.71. The molecule has 1 fully saturated rings. The molecule has 1 amide bonds. The van der Waals surface area contributed by atoms with E-state index in [4.69, 9.17) is 4.84 Å². The molecule has 1 heterocycles. The summed E-state index contributed by atoms with van der Waals surface area (Å²) in [6.07, 6.45) is 3.31. The van der Waals surface area contributed by atoms with Gasteiger partial charge in [0.15, 0.2) is 0 Å². The Labute approximate surface area is 60.9 Å². The van der Waals surface area contributed by atoms with E-state index < -0.39 is 0 Å². The molecular formula is C7H13NO2. The molecule has 0 spiro atoms. The van der Waals surface area contributed by atoms with Crippen molar-refractivity contribution in [2.45, 2.75) is 26.2 Å². The Bertz CT molecular complexity index is 117. The lowest BCUT2D eigenvalue weighted by molar-refractivity contribution is -0.181. The Balaban J connectivity index is 2.35. The van der Waals surface area contributed by atoms with Crippen LogP contribution in [0.4, 0.5) is 0 Å². The van der Waals surface area contributed by atoms with E-state index in [0.717, 1.165) is 19.4 Å². The molecule has 1 aliphatic rings. The van der Waals surface area contributed by atoms with Gasteiger partial charge in [-0.1, -0.05) is 0 Å². The average molecular weight is 143 g/mol. The molecule has 0 aromatic heterocycles. The smallest absolute Gasteiger partial charge is 0.242 e. The molecule has 0 N–H and O–H groups in total. The molecule has 1 aliphatic heterocycles. The highest BCUT2D eigenvalue weighted by Gasteiger charge is 2.11. The summed E-state index contributed by atoms with van der Waals surface area (Å²) in [5.74, 6) is 0.0156. The van der Waals surface area contributed by atoms with Gasteiger partial charge in [0.25, 0.3) is 0 Å². The fourth-order valence-corrected chi connectivity index (χ4v) is 1.02. The van der Waals surface area contributed by atoms with Crippen LogP contribution in [0.25, 0.3) is 0 Å². The van der Waals surface area contributed by atoms with Gasteiger partial charge in [0, 0.05) is 13.5 Å². The van der Waals surface area contributed by atoms with Crippen LogP contribution in [0.5, 0.6) is 0 Å². The van der Waals surface area contributed by atoms with Crippen molar-refractivity contribution in [3.8, 4) is 0 Å². The fraction of sp³-hybridized carbons (Fsp3) is 0.857. The molecule has 3 heteroatoms. The minimum absolute atomic E-state index is 0.0156. The normalized spacial score (nSPS) is 20.3. The SMILES string of the molecule is CC(=O)N1CCCCCO1. The lowest BCUT2D eigenvalue weighted by Gasteiger charge is -2.16. The van der Waals surface area contributed by atoms with Gasteiger partial charge in [-0.2, -0.15) is 0 Å². The first-order chi connectivity index (χ1) is 4.80. The van der Waals surface area contributed by atoms with Gasteiger partial charge in [0.05, 0.1) is 6.61 Å². The predicted molar refractivity (Wildman–Crippen MR) is 37.2 cm³/mol. The topological polar surface area (TPSA) is 29.5 Å². The van der Waals surface area contributed by atoms with Crippen molar-refractivity contribution >= 4 is 5.91 Å². The summed E-state index contributed by atoms with van der Waals surface area (Å²) in [6, 6.07) is 0. The zero-order valence-corrected chi connectivity index (χ0v) is 6.30. The van der Waals surface area contributed by atoms with Gasteiger partial charge in [-0.05, 0) is 19.3 Å². The molecule has 0 aliphatic carbocycles. The third-order valence-corrected chi connectivity index (χ3v) is 1.60. The van der Waals surface area contributed by atoms with Crippen LogP contribution in [0.2, 0.25) is 0 Å². The molecule has 0 aromatic carbocycles. The van der Waals surface area contributed by atoms with E-state index in [-0.39, 0.29) is 5.91 Å². The molecule has 10 heavy (non-hydrogen) atoms. The summed E-state index contributed by atoms with van der Waals surface area (Å²) in [6.45, 7) is 2.99. The van der Waals surface area contributed by atoms with Crippen LogP contribution in [-0.4, -0.2) is 24.1 Å². The summed E-state index contributed by atoms with van der Waals surface area (Å²) < 4.78 is 0. The molecule has 58 valence electrons. The zero-order valence-electron chi connectivity index (χ0n) is 6.30. The highest BCUT2D eigenvalue weighted by Crippen LogP contribution is 2.06. The second-order valence-corrected chi connectivity index (χ2v) is 2.52. The number of carbonyl (C=O) groups is 1. The van der Waals surface area contributed by atoms with Crippen LogP contribution in [-0.2, 0) is 9.63 Å². The van der Waals surface area contributed by atoms with E-state index in [1.54, 1.807) is 0 Å². The van der Waals surface area contributed by atoms with Gasteiger partial charge in [-0.25, -0.2) is 5.06 Å². The van der Waals surface area contributed by atoms with Crippen molar-refractivity contribution in [1.29, 1.82) is 0 Å². The van der Waals surface area contributed by atoms with Gasteiger partial charge in [0.2, 0.25) is 5.91 Å². The molecule has 1 rings (SSSR count). The second-order valence-electron chi connectivity index (χ2n) is 2.52. The molecule has 0 bridgehead atoms. The van der Waals surface area contributed by atoms with E-state index in [2.05, 4.69) is 0 Å². The largest absolute Gasteiger partial charge is 0.273 e. The van der Waals surface area contributed by atoms with Crippen LogP contribution >= 0.6 is 0 Å². The molecule has 0 radical (unpaired) electrons. The molecule has 0 aromatic rings. The summed E-state index contributed by atoms with van der Waals surface area (Å²) in [4.78, 5) is 15.9. The first kappa shape index (κ1) is 7.54. The Hall–Kier alpha value is -0.570. The van der Waals surface area contributed by atoms with Crippen LogP contribution in [0.15, 0.2) is 0 Å². The summed E-state index contributed by atoms with van der Waals surface area (Å²) in [5.41, 5.74) is 0. The molecule has 1 saturated heterocycles. The third kappa shape index (κ3) is 1.99. The number of carbonyl (C=O) groups excluding carboxylic acids is 1. The number of nitrogens with zero attached hydrogens (tertiary/aromatic N) is 1. The summed E-state index contributed by atoms with van der Waals surface area (Å²) in [5, 5.41) is 1.45. The van der Waals surface area contributed by atoms with Gasteiger partial charge in [-0.3, -0.25) is 9.63 Å². The van der Waals surface area contributed by atoms with Gasteiger partial charge >= 0.3 is 0 Å². The molecule has 0 unspecified atom stereocenters. The van der Waals surface area contributed by atoms with Gasteiger partial charge < -0.3 is 0 Å². The van der Waals surface area contributed by atoms with Crippen LogP contribution < -0.4 is 0 Å². The van der Waals surface area contributed by atoms with Crippen molar-refractivity contribution in [3.63, 3.8) is 0 Å². The van der Waals surface area contributed by atoms with Gasteiger partial charge in [-0.15, -0.1) is 0 Å². The maximum atomic E-state index is 10.8. The Morgan fingerprint density at radius 3 is 2.90 bits per heavy atom.